The molecule has 1 saturated heterocycles. The van der Waals surface area contributed by atoms with E-state index in [0.29, 0.717) is 0 Å². The van der Waals surface area contributed by atoms with Crippen LogP contribution in [0.5, 0.6) is 0 Å². The Bertz CT molecular complexity index is 762. The summed E-state index contributed by atoms with van der Waals surface area (Å²) in [6, 6.07) is 33.6. The van der Waals surface area contributed by atoms with Crippen molar-refractivity contribution in [3.8, 4) is 0 Å². The second-order valence-corrected chi connectivity index (χ2v) is 11.8. The van der Waals surface area contributed by atoms with Crippen LogP contribution in [0.1, 0.15) is 6.92 Å². The van der Waals surface area contributed by atoms with Gasteiger partial charge in [0.1, 0.15) is 0 Å². The molecule has 0 aliphatic carbocycles. The molecule has 1 aliphatic rings. The minimum Gasteiger partial charge on any atom is -0.0747 e. The summed E-state index contributed by atoms with van der Waals surface area (Å²) in [6.07, 6.45) is 4.13. The fraction of sp³-hybridized carbons (Fsp3) is 0.250. The summed E-state index contributed by atoms with van der Waals surface area (Å²) in [5, 5.41) is 4.65. The molecule has 1 aliphatic heterocycles. The van der Waals surface area contributed by atoms with Gasteiger partial charge in [-0.3, -0.25) is 0 Å². The molecule has 0 nitrogen and oxygen atoms in total. The summed E-state index contributed by atoms with van der Waals surface area (Å²) in [5.74, 6) is 1.67. The molecule has 132 valence electrons. The summed E-state index contributed by atoms with van der Waals surface area (Å²) in [4.78, 5) is 0. The molecule has 2 heteroatoms. The van der Waals surface area contributed by atoms with Gasteiger partial charge in [0.2, 0.25) is 0 Å². The molecule has 0 aromatic heterocycles. The van der Waals surface area contributed by atoms with E-state index in [1.807, 2.05) is 0 Å². The van der Waals surface area contributed by atoms with Crippen molar-refractivity contribution in [3.05, 3.63) is 91.0 Å². The molecule has 1 fully saturated rings. The van der Waals surface area contributed by atoms with Crippen LogP contribution in [0.4, 0.5) is 0 Å². The third kappa shape index (κ3) is 4.09. The van der Waals surface area contributed by atoms with Crippen molar-refractivity contribution in [1.82, 2.24) is 0 Å². The quantitative estimate of drug-likeness (QED) is 0.538. The van der Waals surface area contributed by atoms with Crippen molar-refractivity contribution in [3.63, 3.8) is 0 Å². The van der Waals surface area contributed by atoms with Crippen LogP contribution in [0.15, 0.2) is 91.0 Å². The Morgan fingerprint density at radius 2 is 1.23 bits per heavy atom. The Morgan fingerprint density at radius 3 is 1.77 bits per heavy atom. The maximum absolute atomic E-state index is 2.49. The molecule has 3 aromatic carbocycles. The van der Waals surface area contributed by atoms with Gasteiger partial charge >= 0.3 is 0 Å². The Morgan fingerprint density at radius 1 is 0.731 bits per heavy atom. The number of rotatable bonds is 5. The monoisotopic (exact) mass is 376 g/mol. The lowest BCUT2D eigenvalue weighted by Gasteiger charge is -2.24. The third-order valence-electron chi connectivity index (χ3n) is 5.44. The average Bonchev–Trinajstić information content (AvgIpc) is 3.08. The lowest BCUT2D eigenvalue weighted by molar-refractivity contribution is 0.500. The molecule has 0 saturated carbocycles. The summed E-state index contributed by atoms with van der Waals surface area (Å²) in [5.41, 5.74) is 0. The zero-order valence-corrected chi connectivity index (χ0v) is 17.1. The van der Waals surface area contributed by atoms with Crippen molar-refractivity contribution >= 4 is 31.8 Å². The fourth-order valence-corrected chi connectivity index (χ4v) is 10.1. The molecule has 1 unspecified atom stereocenters. The van der Waals surface area contributed by atoms with E-state index in [9.17, 15) is 0 Å². The third-order valence-corrected chi connectivity index (χ3v) is 11.1. The van der Waals surface area contributed by atoms with Crippen LogP contribution in [0.2, 0.25) is 0 Å². The number of hydrogen-bond acceptors (Lipinski definition) is 0. The maximum atomic E-state index is 2.49. The van der Waals surface area contributed by atoms with Crippen molar-refractivity contribution in [2.45, 2.75) is 6.92 Å². The largest absolute Gasteiger partial charge is 0.0747 e. The lowest BCUT2D eigenvalue weighted by atomic mass is 10.0. The molecule has 1 heterocycles. The highest BCUT2D eigenvalue weighted by atomic mass is 31.1. The van der Waals surface area contributed by atoms with E-state index < -0.39 is 0 Å². The standard InChI is InChI=1S/C24H26P2/c1-20-17-25(22-11-5-2-6-12-22)18-21(20)19-26(23-13-7-3-8-14-23)24-15-9-4-10-16-24/h2-16,20-21H,17-19H2,1H3/t20-,21+,25?/m0/s1. The predicted octanol–water partition coefficient (Wildman–Crippen LogP) is 5.19. The van der Waals surface area contributed by atoms with Gasteiger partial charge in [0.25, 0.3) is 0 Å². The van der Waals surface area contributed by atoms with Crippen molar-refractivity contribution in [1.29, 1.82) is 0 Å². The SMILES string of the molecule is C[C@H]1CP(c2ccccc2)C[C@@H]1CP(c1ccccc1)c1ccccc1. The number of hydrogen-bond donors (Lipinski definition) is 0. The van der Waals surface area contributed by atoms with E-state index in [4.69, 9.17) is 0 Å². The van der Waals surface area contributed by atoms with Gasteiger partial charge in [-0.25, -0.2) is 0 Å². The van der Waals surface area contributed by atoms with Gasteiger partial charge in [0.05, 0.1) is 0 Å². The van der Waals surface area contributed by atoms with Crippen LogP contribution < -0.4 is 15.9 Å². The zero-order chi connectivity index (χ0) is 17.8. The van der Waals surface area contributed by atoms with Crippen molar-refractivity contribution in [2.75, 3.05) is 18.5 Å². The van der Waals surface area contributed by atoms with E-state index in [2.05, 4.69) is 97.9 Å². The van der Waals surface area contributed by atoms with Gasteiger partial charge < -0.3 is 0 Å². The van der Waals surface area contributed by atoms with E-state index in [1.165, 1.54) is 29.1 Å². The van der Waals surface area contributed by atoms with Crippen molar-refractivity contribution < 1.29 is 0 Å². The molecular formula is C24H26P2. The van der Waals surface area contributed by atoms with Crippen LogP contribution in [-0.2, 0) is 0 Å². The topological polar surface area (TPSA) is 0 Å². The molecule has 0 radical (unpaired) electrons. The van der Waals surface area contributed by atoms with Gasteiger partial charge in [-0.2, -0.15) is 0 Å². The Labute approximate surface area is 160 Å². The molecule has 26 heavy (non-hydrogen) atoms. The summed E-state index contributed by atoms with van der Waals surface area (Å²) < 4.78 is 0. The molecular weight excluding hydrogens is 350 g/mol. The molecule has 0 amide bonds. The van der Waals surface area contributed by atoms with E-state index >= 15 is 0 Å². The maximum Gasteiger partial charge on any atom is -0.0195 e. The first kappa shape index (κ1) is 17.9. The molecule has 3 aromatic rings. The minimum atomic E-state index is -0.266. The van der Waals surface area contributed by atoms with E-state index in [-0.39, 0.29) is 15.8 Å². The number of benzene rings is 3. The summed E-state index contributed by atoms with van der Waals surface area (Å²) >= 11 is 0. The first-order chi connectivity index (χ1) is 12.8. The average molecular weight is 376 g/mol. The molecule has 0 bridgehead atoms. The first-order valence-electron chi connectivity index (χ1n) is 9.49. The van der Waals surface area contributed by atoms with Crippen LogP contribution in [-0.4, -0.2) is 18.5 Å². The van der Waals surface area contributed by atoms with Gasteiger partial charge in [-0.1, -0.05) is 106 Å². The van der Waals surface area contributed by atoms with E-state index in [1.54, 1.807) is 5.30 Å². The highest BCUT2D eigenvalue weighted by molar-refractivity contribution is 7.73. The van der Waals surface area contributed by atoms with Gasteiger partial charge in [-0.15, -0.1) is 0 Å². The minimum absolute atomic E-state index is 0.0231. The van der Waals surface area contributed by atoms with Gasteiger partial charge in [0, 0.05) is 0 Å². The molecule has 0 spiro atoms. The lowest BCUT2D eigenvalue weighted by Crippen LogP contribution is -2.21. The van der Waals surface area contributed by atoms with Gasteiger partial charge in [0.15, 0.2) is 0 Å². The van der Waals surface area contributed by atoms with Crippen LogP contribution in [0.3, 0.4) is 0 Å². The predicted molar refractivity (Wildman–Crippen MR) is 119 cm³/mol. The normalized spacial score (nSPS) is 22.6. The molecule has 3 atom stereocenters. The fourth-order valence-electron chi connectivity index (χ4n) is 3.93. The van der Waals surface area contributed by atoms with Crippen LogP contribution in [0.25, 0.3) is 0 Å². The van der Waals surface area contributed by atoms with Crippen molar-refractivity contribution in [2.24, 2.45) is 11.8 Å². The van der Waals surface area contributed by atoms with Crippen LogP contribution in [0, 0.1) is 11.8 Å². The van der Waals surface area contributed by atoms with E-state index in [0.717, 1.165) is 11.8 Å². The molecule has 4 rings (SSSR count). The summed E-state index contributed by atoms with van der Waals surface area (Å²) in [7, 11) is -0.243. The Kier molecular flexibility index (Phi) is 5.84. The first-order valence-corrected chi connectivity index (χ1v) is 12.7. The van der Waals surface area contributed by atoms with Crippen LogP contribution >= 0.6 is 15.8 Å². The second kappa shape index (κ2) is 8.47. The highest BCUT2D eigenvalue weighted by Gasteiger charge is 2.33. The Balaban J connectivity index is 1.56. The highest BCUT2D eigenvalue weighted by Crippen LogP contribution is 2.51. The smallest absolute Gasteiger partial charge is 0.0195 e. The Hall–Kier alpha value is -1.48. The second-order valence-electron chi connectivity index (χ2n) is 7.26. The van der Waals surface area contributed by atoms with Gasteiger partial charge in [-0.05, 0) is 54.2 Å². The zero-order valence-electron chi connectivity index (χ0n) is 15.3. The summed E-state index contributed by atoms with van der Waals surface area (Å²) in [6.45, 7) is 2.49. The molecule has 0 N–H and O–H groups in total.